The normalized spacial score (nSPS) is 17.6. The molecule has 1 fully saturated rings. The van der Waals surface area contributed by atoms with E-state index in [-0.39, 0.29) is 12.6 Å². The van der Waals surface area contributed by atoms with Crippen LogP contribution in [-0.2, 0) is 4.79 Å². The van der Waals surface area contributed by atoms with Gasteiger partial charge in [0, 0.05) is 6.04 Å². The maximum Gasteiger partial charge on any atom is 0.334 e. The van der Waals surface area contributed by atoms with Crippen molar-refractivity contribution >= 4 is 12.0 Å². The highest BCUT2D eigenvalue weighted by Crippen LogP contribution is 2.18. The molecule has 1 aliphatic carbocycles. The molecule has 0 heterocycles. The molecule has 74 valence electrons. The summed E-state index contributed by atoms with van der Waals surface area (Å²) in [5, 5.41) is 21.9. The summed E-state index contributed by atoms with van der Waals surface area (Å²) >= 11 is 0. The number of carboxylic acids is 1. The molecule has 0 aromatic rings. The van der Waals surface area contributed by atoms with Crippen LogP contribution >= 0.6 is 0 Å². The van der Waals surface area contributed by atoms with Crippen molar-refractivity contribution in [1.82, 2.24) is 10.6 Å². The lowest BCUT2D eigenvalue weighted by molar-refractivity contribution is -0.146. The monoisotopic (exact) mass is 188 g/mol. The van der Waals surface area contributed by atoms with Gasteiger partial charge in [0.1, 0.15) is 0 Å². The molecule has 1 unspecified atom stereocenters. The molecule has 0 aromatic heterocycles. The first-order valence-electron chi connectivity index (χ1n) is 4.05. The molecule has 1 rings (SSSR count). The highest BCUT2D eigenvalue weighted by molar-refractivity contribution is 5.77. The van der Waals surface area contributed by atoms with Crippen LogP contribution in [0.25, 0.3) is 0 Å². The van der Waals surface area contributed by atoms with E-state index in [1.54, 1.807) is 0 Å². The molecule has 2 amide bonds. The third-order valence-electron chi connectivity index (χ3n) is 1.65. The van der Waals surface area contributed by atoms with Gasteiger partial charge in [-0.1, -0.05) is 0 Å². The van der Waals surface area contributed by atoms with Crippen molar-refractivity contribution in [2.75, 3.05) is 6.54 Å². The molecule has 0 bridgehead atoms. The van der Waals surface area contributed by atoms with E-state index in [0.717, 1.165) is 12.8 Å². The van der Waals surface area contributed by atoms with Gasteiger partial charge in [-0.2, -0.15) is 0 Å². The lowest BCUT2D eigenvalue weighted by Crippen LogP contribution is -2.42. The van der Waals surface area contributed by atoms with E-state index in [2.05, 4.69) is 10.6 Å². The number of carbonyl (C=O) groups excluding carboxylic acids is 1. The Morgan fingerprint density at radius 1 is 1.46 bits per heavy atom. The van der Waals surface area contributed by atoms with Gasteiger partial charge in [0.25, 0.3) is 0 Å². The molecular weight excluding hydrogens is 176 g/mol. The van der Waals surface area contributed by atoms with Gasteiger partial charge >= 0.3 is 12.0 Å². The molecule has 0 aromatic carbocycles. The molecule has 13 heavy (non-hydrogen) atoms. The molecule has 0 spiro atoms. The van der Waals surface area contributed by atoms with Crippen LogP contribution in [0.4, 0.5) is 4.79 Å². The summed E-state index contributed by atoms with van der Waals surface area (Å²) in [7, 11) is 0. The van der Waals surface area contributed by atoms with Crippen molar-refractivity contribution in [2.24, 2.45) is 0 Å². The van der Waals surface area contributed by atoms with E-state index in [0.29, 0.717) is 0 Å². The van der Waals surface area contributed by atoms with Crippen LogP contribution in [0.3, 0.4) is 0 Å². The number of hydrogen-bond donors (Lipinski definition) is 4. The van der Waals surface area contributed by atoms with Gasteiger partial charge in [-0.05, 0) is 12.8 Å². The van der Waals surface area contributed by atoms with Crippen molar-refractivity contribution in [3.63, 3.8) is 0 Å². The number of amides is 2. The number of hydrogen-bond acceptors (Lipinski definition) is 3. The third-order valence-corrected chi connectivity index (χ3v) is 1.65. The molecule has 6 nitrogen and oxygen atoms in total. The van der Waals surface area contributed by atoms with Crippen LogP contribution in [0, 0.1) is 0 Å². The Morgan fingerprint density at radius 3 is 2.54 bits per heavy atom. The summed E-state index contributed by atoms with van der Waals surface area (Å²) in [5.74, 6) is -1.34. The predicted molar refractivity (Wildman–Crippen MR) is 43.2 cm³/mol. The van der Waals surface area contributed by atoms with Crippen LogP contribution in [-0.4, -0.2) is 40.9 Å². The zero-order chi connectivity index (χ0) is 9.84. The number of aliphatic carboxylic acids is 1. The van der Waals surface area contributed by atoms with E-state index in [9.17, 15) is 9.59 Å². The van der Waals surface area contributed by atoms with Crippen molar-refractivity contribution in [1.29, 1.82) is 0 Å². The third kappa shape index (κ3) is 3.75. The Labute approximate surface area is 74.9 Å². The summed E-state index contributed by atoms with van der Waals surface area (Å²) in [6.07, 6.45) is 0.397. The van der Waals surface area contributed by atoms with Crippen molar-refractivity contribution in [3.8, 4) is 0 Å². The van der Waals surface area contributed by atoms with Gasteiger partial charge in [0.15, 0.2) is 6.10 Å². The Balaban J connectivity index is 2.09. The van der Waals surface area contributed by atoms with Crippen molar-refractivity contribution in [3.05, 3.63) is 0 Å². The second-order valence-corrected chi connectivity index (χ2v) is 2.98. The highest BCUT2D eigenvalue weighted by Gasteiger charge is 2.23. The second kappa shape index (κ2) is 4.08. The summed E-state index contributed by atoms with van der Waals surface area (Å²) in [6.45, 7) is -0.270. The molecule has 1 atom stereocenters. The molecule has 0 saturated heterocycles. The lowest BCUT2D eigenvalue weighted by atomic mass is 10.4. The fraction of sp³-hybridized carbons (Fsp3) is 0.714. The number of urea groups is 1. The number of nitrogens with one attached hydrogen (secondary N) is 2. The van der Waals surface area contributed by atoms with Gasteiger partial charge in [-0.3, -0.25) is 0 Å². The van der Waals surface area contributed by atoms with Crippen LogP contribution in [0.2, 0.25) is 0 Å². The van der Waals surface area contributed by atoms with Gasteiger partial charge in [0.05, 0.1) is 6.54 Å². The Kier molecular flexibility index (Phi) is 3.07. The fourth-order valence-electron chi connectivity index (χ4n) is 0.741. The maximum absolute atomic E-state index is 10.9. The lowest BCUT2D eigenvalue weighted by Gasteiger charge is -2.08. The zero-order valence-electron chi connectivity index (χ0n) is 6.99. The first-order chi connectivity index (χ1) is 6.09. The Hall–Kier alpha value is -1.30. The maximum atomic E-state index is 10.9. The topological polar surface area (TPSA) is 98.7 Å². The zero-order valence-corrected chi connectivity index (χ0v) is 6.99. The number of aliphatic hydroxyl groups is 1. The number of carbonyl (C=O) groups is 2. The van der Waals surface area contributed by atoms with Crippen molar-refractivity contribution < 1.29 is 19.8 Å². The van der Waals surface area contributed by atoms with Gasteiger partial charge in [0.2, 0.25) is 0 Å². The molecular formula is C7H12N2O4. The SMILES string of the molecule is O=C(NCC(O)C(=O)O)NC1CC1. The molecule has 0 radical (unpaired) electrons. The highest BCUT2D eigenvalue weighted by atomic mass is 16.4. The quantitative estimate of drug-likeness (QED) is 0.449. The largest absolute Gasteiger partial charge is 0.479 e. The fourth-order valence-corrected chi connectivity index (χ4v) is 0.741. The predicted octanol–water partition coefficient (Wildman–Crippen LogP) is -1.11. The van der Waals surface area contributed by atoms with Crippen LogP contribution in [0.5, 0.6) is 0 Å². The molecule has 0 aliphatic heterocycles. The summed E-state index contributed by atoms with van der Waals surface area (Å²) in [4.78, 5) is 21.0. The van der Waals surface area contributed by atoms with E-state index in [1.807, 2.05) is 0 Å². The minimum atomic E-state index is -1.54. The Bertz CT molecular complexity index is 215. The van der Waals surface area contributed by atoms with Gasteiger partial charge in [-0.25, -0.2) is 9.59 Å². The summed E-state index contributed by atoms with van der Waals surface area (Å²) in [5.41, 5.74) is 0. The molecule has 6 heteroatoms. The minimum Gasteiger partial charge on any atom is -0.479 e. The first-order valence-corrected chi connectivity index (χ1v) is 4.05. The smallest absolute Gasteiger partial charge is 0.334 e. The molecule has 1 saturated carbocycles. The average molecular weight is 188 g/mol. The van der Waals surface area contributed by atoms with Crippen molar-refractivity contribution in [2.45, 2.75) is 25.0 Å². The minimum absolute atomic E-state index is 0.224. The second-order valence-electron chi connectivity index (χ2n) is 2.98. The Morgan fingerprint density at radius 2 is 2.08 bits per heavy atom. The van der Waals surface area contributed by atoms with E-state index in [1.165, 1.54) is 0 Å². The number of aliphatic hydroxyl groups excluding tert-OH is 1. The first kappa shape index (κ1) is 9.79. The standard InChI is InChI=1S/C7H12N2O4/c10-5(6(11)12)3-8-7(13)9-4-1-2-4/h4-5,10H,1-3H2,(H,11,12)(H2,8,9,13). The van der Waals surface area contributed by atoms with Gasteiger partial charge in [-0.15, -0.1) is 0 Å². The number of rotatable bonds is 4. The van der Waals surface area contributed by atoms with Crippen LogP contribution in [0.15, 0.2) is 0 Å². The van der Waals surface area contributed by atoms with E-state index in [4.69, 9.17) is 10.2 Å². The summed E-state index contributed by atoms with van der Waals surface area (Å²) in [6, 6.07) is -0.204. The van der Waals surface area contributed by atoms with E-state index < -0.39 is 18.1 Å². The van der Waals surface area contributed by atoms with Crippen LogP contribution in [0.1, 0.15) is 12.8 Å². The van der Waals surface area contributed by atoms with E-state index >= 15 is 0 Å². The number of carboxylic acid groups (broad SMARTS) is 1. The molecule has 1 aliphatic rings. The van der Waals surface area contributed by atoms with Crippen LogP contribution < -0.4 is 10.6 Å². The molecule has 4 N–H and O–H groups in total. The summed E-state index contributed by atoms with van der Waals surface area (Å²) < 4.78 is 0. The van der Waals surface area contributed by atoms with Gasteiger partial charge < -0.3 is 20.8 Å². The average Bonchev–Trinajstić information content (AvgIpc) is 2.83.